The van der Waals surface area contributed by atoms with Crippen molar-refractivity contribution in [3.05, 3.63) is 24.3 Å². The number of aliphatic hydroxyl groups is 1. The van der Waals surface area contributed by atoms with Crippen LogP contribution in [0.25, 0.3) is 0 Å². The Hall–Kier alpha value is -1.20. The Kier molecular flexibility index (Phi) is 5.69. The Balaban J connectivity index is 2.42. The predicted octanol–water partition coefficient (Wildman–Crippen LogP) is 2.94. The van der Waals surface area contributed by atoms with Gasteiger partial charge in [0.05, 0.1) is 6.10 Å². The topological polar surface area (TPSA) is 61.4 Å². The monoisotopic (exact) mass is 282 g/mol. The second-order valence-corrected chi connectivity index (χ2v) is 6.33. The number of anilines is 1. The first-order valence-corrected chi connectivity index (χ1v) is 7.42. The lowest BCUT2D eigenvalue weighted by Crippen LogP contribution is -2.40. The number of hydrogen-bond donors (Lipinski definition) is 3. The van der Waals surface area contributed by atoms with E-state index in [2.05, 4.69) is 10.6 Å². The molecule has 1 atom stereocenters. The van der Waals surface area contributed by atoms with Gasteiger partial charge in [-0.1, -0.05) is 20.8 Å². The van der Waals surface area contributed by atoms with Gasteiger partial charge in [-0.15, -0.1) is 11.8 Å². The van der Waals surface area contributed by atoms with E-state index >= 15 is 0 Å². The molecule has 0 aliphatic carbocycles. The first-order valence-electron chi connectivity index (χ1n) is 6.20. The highest BCUT2D eigenvalue weighted by Gasteiger charge is 2.22. The molecule has 0 saturated heterocycles. The third-order valence-corrected chi connectivity index (χ3v) is 3.55. The van der Waals surface area contributed by atoms with Crippen molar-refractivity contribution in [2.45, 2.75) is 31.8 Å². The zero-order valence-corrected chi connectivity index (χ0v) is 12.7. The van der Waals surface area contributed by atoms with Crippen molar-refractivity contribution in [3.8, 4) is 0 Å². The van der Waals surface area contributed by atoms with E-state index in [0.29, 0.717) is 0 Å². The summed E-state index contributed by atoms with van der Waals surface area (Å²) >= 11 is 1.65. The second kappa shape index (κ2) is 6.82. The fourth-order valence-electron chi connectivity index (χ4n) is 1.35. The Labute approximate surface area is 119 Å². The standard InChI is InChI=1S/C14H22N2O2S/c1-14(2,3)12(17)9-15-13(18)16-10-5-7-11(19-4)8-6-10/h5-8,12,17H,9H2,1-4H3,(H2,15,16,18). The Morgan fingerprint density at radius 3 is 2.37 bits per heavy atom. The number of amides is 2. The van der Waals surface area contributed by atoms with Gasteiger partial charge in [0.25, 0.3) is 0 Å². The van der Waals surface area contributed by atoms with Crippen molar-refractivity contribution in [1.29, 1.82) is 0 Å². The summed E-state index contributed by atoms with van der Waals surface area (Å²) in [6.07, 6.45) is 1.43. The molecular weight excluding hydrogens is 260 g/mol. The van der Waals surface area contributed by atoms with Crippen LogP contribution in [0.1, 0.15) is 20.8 Å². The lowest BCUT2D eigenvalue weighted by Gasteiger charge is -2.25. The molecule has 106 valence electrons. The van der Waals surface area contributed by atoms with Crippen molar-refractivity contribution in [3.63, 3.8) is 0 Å². The molecule has 0 aliphatic rings. The van der Waals surface area contributed by atoms with Gasteiger partial charge in [-0.05, 0) is 35.9 Å². The molecule has 0 saturated carbocycles. The second-order valence-electron chi connectivity index (χ2n) is 5.45. The maximum Gasteiger partial charge on any atom is 0.319 e. The molecule has 19 heavy (non-hydrogen) atoms. The van der Waals surface area contributed by atoms with Gasteiger partial charge < -0.3 is 15.7 Å². The summed E-state index contributed by atoms with van der Waals surface area (Å²) in [5, 5.41) is 15.2. The largest absolute Gasteiger partial charge is 0.391 e. The van der Waals surface area contributed by atoms with Crippen LogP contribution < -0.4 is 10.6 Å². The van der Waals surface area contributed by atoms with Crippen molar-refractivity contribution in [2.24, 2.45) is 5.41 Å². The molecule has 0 spiro atoms. The average Bonchev–Trinajstić information content (AvgIpc) is 2.35. The fourth-order valence-corrected chi connectivity index (χ4v) is 1.75. The van der Waals surface area contributed by atoms with Gasteiger partial charge >= 0.3 is 6.03 Å². The van der Waals surface area contributed by atoms with Gasteiger partial charge in [-0.2, -0.15) is 0 Å². The molecule has 0 aliphatic heterocycles. The molecule has 2 amide bonds. The van der Waals surface area contributed by atoms with Crippen molar-refractivity contribution >= 4 is 23.5 Å². The van der Waals surface area contributed by atoms with Gasteiger partial charge in [0.1, 0.15) is 0 Å². The summed E-state index contributed by atoms with van der Waals surface area (Å²) in [7, 11) is 0. The summed E-state index contributed by atoms with van der Waals surface area (Å²) in [6, 6.07) is 7.30. The summed E-state index contributed by atoms with van der Waals surface area (Å²) in [6.45, 7) is 6.02. The van der Waals surface area contributed by atoms with E-state index in [9.17, 15) is 9.90 Å². The highest BCUT2D eigenvalue weighted by Crippen LogP contribution is 2.19. The van der Waals surface area contributed by atoms with E-state index in [1.54, 1.807) is 11.8 Å². The first-order chi connectivity index (χ1) is 8.82. The molecule has 3 N–H and O–H groups in total. The first kappa shape index (κ1) is 15.9. The van der Waals surface area contributed by atoms with E-state index in [4.69, 9.17) is 0 Å². The third-order valence-electron chi connectivity index (χ3n) is 2.80. The van der Waals surface area contributed by atoms with Crippen LogP contribution in [0.2, 0.25) is 0 Å². The van der Waals surface area contributed by atoms with Crippen molar-refractivity contribution in [2.75, 3.05) is 18.1 Å². The Bertz CT molecular complexity index is 412. The number of thioether (sulfide) groups is 1. The van der Waals surface area contributed by atoms with Crippen LogP contribution in [0.3, 0.4) is 0 Å². The van der Waals surface area contributed by atoms with E-state index < -0.39 is 6.10 Å². The highest BCUT2D eigenvalue weighted by molar-refractivity contribution is 7.98. The van der Waals surface area contributed by atoms with E-state index in [1.807, 2.05) is 51.3 Å². The molecule has 0 fully saturated rings. The number of carbonyl (C=O) groups is 1. The Morgan fingerprint density at radius 2 is 1.89 bits per heavy atom. The van der Waals surface area contributed by atoms with Crippen molar-refractivity contribution in [1.82, 2.24) is 5.32 Å². The number of hydrogen-bond acceptors (Lipinski definition) is 3. The maximum absolute atomic E-state index is 11.7. The minimum atomic E-state index is -0.572. The van der Waals surface area contributed by atoms with Crippen LogP contribution >= 0.6 is 11.8 Å². The van der Waals surface area contributed by atoms with Gasteiger partial charge in [-0.25, -0.2) is 4.79 Å². The molecule has 1 aromatic carbocycles. The van der Waals surface area contributed by atoms with E-state index in [0.717, 1.165) is 10.6 Å². The number of urea groups is 1. The van der Waals surface area contributed by atoms with Crippen LogP contribution in [0.4, 0.5) is 10.5 Å². The Morgan fingerprint density at radius 1 is 1.32 bits per heavy atom. The highest BCUT2D eigenvalue weighted by atomic mass is 32.2. The molecule has 0 aromatic heterocycles. The lowest BCUT2D eigenvalue weighted by atomic mass is 9.89. The molecule has 0 radical (unpaired) electrons. The summed E-state index contributed by atoms with van der Waals surface area (Å²) in [5.74, 6) is 0. The number of aliphatic hydroxyl groups excluding tert-OH is 1. The normalized spacial score (nSPS) is 12.9. The van der Waals surface area contributed by atoms with Crippen LogP contribution in [0, 0.1) is 5.41 Å². The molecule has 1 rings (SSSR count). The lowest BCUT2D eigenvalue weighted by molar-refractivity contribution is 0.0654. The molecule has 0 bridgehead atoms. The number of nitrogens with one attached hydrogen (secondary N) is 2. The average molecular weight is 282 g/mol. The number of carbonyl (C=O) groups excluding carboxylic acids is 1. The number of benzene rings is 1. The maximum atomic E-state index is 11.7. The quantitative estimate of drug-likeness (QED) is 0.744. The zero-order chi connectivity index (χ0) is 14.5. The smallest absolute Gasteiger partial charge is 0.319 e. The van der Waals surface area contributed by atoms with E-state index in [-0.39, 0.29) is 18.0 Å². The predicted molar refractivity (Wildman–Crippen MR) is 80.7 cm³/mol. The molecular formula is C14H22N2O2S. The van der Waals surface area contributed by atoms with Crippen molar-refractivity contribution < 1.29 is 9.90 Å². The minimum Gasteiger partial charge on any atom is -0.391 e. The fraction of sp³-hybridized carbons (Fsp3) is 0.500. The van der Waals surface area contributed by atoms with E-state index in [1.165, 1.54) is 0 Å². The van der Waals surface area contributed by atoms with Crippen LogP contribution in [-0.2, 0) is 0 Å². The summed E-state index contributed by atoms with van der Waals surface area (Å²) in [5.41, 5.74) is 0.494. The van der Waals surface area contributed by atoms with Gasteiger partial charge in [-0.3, -0.25) is 0 Å². The molecule has 5 heteroatoms. The molecule has 1 aromatic rings. The van der Waals surface area contributed by atoms with Crippen LogP contribution in [-0.4, -0.2) is 30.0 Å². The van der Waals surface area contributed by atoms with Gasteiger partial charge in [0.2, 0.25) is 0 Å². The van der Waals surface area contributed by atoms with Crippen LogP contribution in [0.15, 0.2) is 29.2 Å². The van der Waals surface area contributed by atoms with Crippen LogP contribution in [0.5, 0.6) is 0 Å². The van der Waals surface area contributed by atoms with Gasteiger partial charge in [0, 0.05) is 17.1 Å². The molecule has 0 heterocycles. The minimum absolute atomic E-state index is 0.234. The molecule has 4 nitrogen and oxygen atoms in total. The SMILES string of the molecule is CSc1ccc(NC(=O)NCC(O)C(C)(C)C)cc1. The zero-order valence-electron chi connectivity index (χ0n) is 11.9. The third kappa shape index (κ3) is 5.53. The summed E-state index contributed by atoms with van der Waals surface area (Å²) in [4.78, 5) is 12.8. The van der Waals surface area contributed by atoms with Gasteiger partial charge in [0.15, 0.2) is 0 Å². The number of rotatable bonds is 4. The summed E-state index contributed by atoms with van der Waals surface area (Å²) < 4.78 is 0. The molecule has 1 unspecified atom stereocenters.